The highest BCUT2D eigenvalue weighted by molar-refractivity contribution is 5.71. The van der Waals surface area contributed by atoms with Gasteiger partial charge in [0.15, 0.2) is 5.82 Å². The molecule has 0 radical (unpaired) electrons. The van der Waals surface area contributed by atoms with Gasteiger partial charge < -0.3 is 20.4 Å². The fourth-order valence-electron chi connectivity index (χ4n) is 3.05. The number of carbonyl (C=O) groups is 1. The summed E-state index contributed by atoms with van der Waals surface area (Å²) >= 11 is 0. The van der Waals surface area contributed by atoms with E-state index < -0.39 is 12.7 Å². The number of halogens is 3. The lowest BCUT2D eigenvalue weighted by molar-refractivity contribution is -0.142. The van der Waals surface area contributed by atoms with E-state index in [4.69, 9.17) is 9.53 Å². The van der Waals surface area contributed by atoms with Gasteiger partial charge >= 0.3 is 6.18 Å². The van der Waals surface area contributed by atoms with Crippen molar-refractivity contribution in [3.8, 4) is 28.7 Å². The molecule has 1 aliphatic rings. The van der Waals surface area contributed by atoms with Crippen molar-refractivity contribution in [3.63, 3.8) is 0 Å². The molecule has 0 saturated carbocycles. The molecule has 3 heterocycles. The molecule has 1 aromatic carbocycles. The Hall–Kier alpha value is -3.57. The van der Waals surface area contributed by atoms with Crippen LogP contribution in [0.2, 0.25) is 0 Å². The number of carbonyl (C=O) groups excluding carboxylic acids is 1. The Balaban J connectivity index is 0.000000806. The van der Waals surface area contributed by atoms with Crippen molar-refractivity contribution in [3.05, 3.63) is 30.7 Å². The summed E-state index contributed by atoms with van der Waals surface area (Å²) in [6.45, 7) is 2.53. The largest absolute Gasteiger partial charge is 0.491 e. The fourth-order valence-corrected chi connectivity index (χ4v) is 3.05. The quantitative estimate of drug-likeness (QED) is 0.623. The minimum atomic E-state index is -4.39. The normalized spacial score (nSPS) is 12.5. The Labute approximate surface area is 169 Å². The summed E-state index contributed by atoms with van der Waals surface area (Å²) in [6, 6.07) is 5.71. The van der Waals surface area contributed by atoms with Crippen LogP contribution >= 0.6 is 0 Å². The Morgan fingerprint density at radius 1 is 1.33 bits per heavy atom. The van der Waals surface area contributed by atoms with Crippen molar-refractivity contribution < 1.29 is 22.7 Å². The van der Waals surface area contributed by atoms with E-state index in [0.29, 0.717) is 30.4 Å². The number of nitrogens with zero attached hydrogens (tertiary/aromatic N) is 5. The molecule has 0 fully saturated rings. The highest BCUT2D eigenvalue weighted by Gasteiger charge is 2.31. The van der Waals surface area contributed by atoms with Crippen molar-refractivity contribution in [2.24, 2.45) is 5.73 Å². The predicted molar refractivity (Wildman–Crippen MR) is 103 cm³/mol. The van der Waals surface area contributed by atoms with Crippen LogP contribution in [-0.2, 0) is 17.9 Å². The number of hydrogen-bond donors (Lipinski definition) is 2. The number of primary amides is 1. The van der Waals surface area contributed by atoms with Gasteiger partial charge in [0.1, 0.15) is 36.7 Å². The molecule has 0 unspecified atom stereocenters. The van der Waals surface area contributed by atoms with E-state index >= 15 is 0 Å². The molecule has 0 saturated heterocycles. The first-order valence-corrected chi connectivity index (χ1v) is 9.04. The van der Waals surface area contributed by atoms with Crippen molar-refractivity contribution in [1.82, 2.24) is 24.3 Å². The van der Waals surface area contributed by atoms with Crippen LogP contribution in [0.3, 0.4) is 0 Å². The molecule has 3 aromatic rings. The average Bonchev–Trinajstić information content (AvgIpc) is 3.25. The molecule has 4 rings (SSSR count). The van der Waals surface area contributed by atoms with E-state index in [-0.39, 0.29) is 12.2 Å². The van der Waals surface area contributed by atoms with Crippen LogP contribution in [0.15, 0.2) is 30.7 Å². The number of fused-ring (bicyclic) bond motifs is 3. The summed E-state index contributed by atoms with van der Waals surface area (Å²) < 4.78 is 46.8. The summed E-state index contributed by atoms with van der Waals surface area (Å²) in [4.78, 5) is 17.1. The molecular weight excluding hydrogens is 403 g/mol. The summed E-state index contributed by atoms with van der Waals surface area (Å²) in [6.07, 6.45) is -1.35. The van der Waals surface area contributed by atoms with Crippen LogP contribution in [0.4, 0.5) is 18.9 Å². The van der Waals surface area contributed by atoms with Crippen molar-refractivity contribution in [1.29, 1.82) is 0 Å². The number of alkyl halides is 3. The smallest absolute Gasteiger partial charge is 0.408 e. The predicted octanol–water partition coefficient (Wildman–Crippen LogP) is 2.30. The first-order chi connectivity index (χ1) is 14.4. The van der Waals surface area contributed by atoms with Crippen LogP contribution in [-0.4, -0.2) is 50.1 Å². The molecule has 1 aliphatic heterocycles. The maximum Gasteiger partial charge on any atom is 0.408 e. The second-order valence-corrected chi connectivity index (χ2v) is 6.23. The molecule has 12 heteroatoms. The number of rotatable bonds is 4. The zero-order valence-corrected chi connectivity index (χ0v) is 16.1. The van der Waals surface area contributed by atoms with E-state index in [9.17, 15) is 13.2 Å². The lowest BCUT2D eigenvalue weighted by atomic mass is 10.1. The maximum absolute atomic E-state index is 12.8. The second-order valence-electron chi connectivity index (χ2n) is 6.23. The Kier molecular flexibility index (Phi) is 6.23. The van der Waals surface area contributed by atoms with Crippen LogP contribution in [0, 0.1) is 0 Å². The van der Waals surface area contributed by atoms with Crippen LogP contribution in [0.5, 0.6) is 5.75 Å². The number of hydrogen-bond acceptors (Lipinski definition) is 6. The number of imidazole rings is 1. The third kappa shape index (κ3) is 4.70. The maximum atomic E-state index is 12.8. The lowest BCUT2D eigenvalue weighted by Gasteiger charge is -2.10. The molecule has 30 heavy (non-hydrogen) atoms. The number of nitrogens with two attached hydrogens (primary N) is 1. The van der Waals surface area contributed by atoms with Crippen LogP contribution in [0.1, 0.15) is 6.92 Å². The molecular formula is C18H20F3N7O2. The number of aromatic nitrogens is 5. The molecule has 0 atom stereocenters. The van der Waals surface area contributed by atoms with Gasteiger partial charge in [-0.15, -0.1) is 0 Å². The highest BCUT2D eigenvalue weighted by Crippen LogP contribution is 2.35. The highest BCUT2D eigenvalue weighted by atomic mass is 19.4. The Bertz CT molecular complexity index is 1010. The number of benzene rings is 1. The van der Waals surface area contributed by atoms with Gasteiger partial charge in [0.05, 0.1) is 12.1 Å². The van der Waals surface area contributed by atoms with Crippen LogP contribution < -0.4 is 15.8 Å². The molecule has 0 aliphatic carbocycles. The van der Waals surface area contributed by atoms with Crippen LogP contribution in [0.25, 0.3) is 22.9 Å². The second kappa shape index (κ2) is 8.84. The van der Waals surface area contributed by atoms with Crippen molar-refractivity contribution in [2.75, 3.05) is 18.5 Å². The number of amides is 1. The summed E-state index contributed by atoms with van der Waals surface area (Å²) in [5, 5.41) is 6.91. The number of anilines is 1. The third-order valence-corrected chi connectivity index (χ3v) is 4.14. The Morgan fingerprint density at radius 3 is 2.80 bits per heavy atom. The summed E-state index contributed by atoms with van der Waals surface area (Å²) in [7, 11) is 0. The molecule has 0 bridgehead atoms. The molecule has 2 aromatic heterocycles. The standard InChI is InChI=1S/C17H17F3N6O.CH3NO/c1-2-21-11-3-4-12-14(7-11)27-6-5-25-8-13(24-15(12)25)16-22-10-23-26(16)9-17(18,19)20;2-1-3/h3-4,7-8,10,21H,2,5-6,9H2,1H3;1H,(H2,2,3). The number of ether oxygens (including phenoxy) is 1. The van der Waals surface area contributed by atoms with Gasteiger partial charge in [0.2, 0.25) is 6.41 Å². The lowest BCUT2D eigenvalue weighted by Crippen LogP contribution is -2.19. The van der Waals surface area contributed by atoms with E-state index in [1.165, 1.54) is 0 Å². The van der Waals surface area contributed by atoms with E-state index in [1.807, 2.05) is 29.7 Å². The number of nitrogens with one attached hydrogen (secondary N) is 1. The average molecular weight is 423 g/mol. The van der Waals surface area contributed by atoms with E-state index in [0.717, 1.165) is 28.8 Å². The van der Waals surface area contributed by atoms with Gasteiger partial charge in [0, 0.05) is 24.5 Å². The minimum absolute atomic E-state index is 0.0830. The molecule has 160 valence electrons. The van der Waals surface area contributed by atoms with E-state index in [2.05, 4.69) is 26.1 Å². The van der Waals surface area contributed by atoms with Gasteiger partial charge in [-0.05, 0) is 19.1 Å². The van der Waals surface area contributed by atoms with Gasteiger partial charge in [-0.3, -0.25) is 4.79 Å². The molecule has 0 spiro atoms. The van der Waals surface area contributed by atoms with Crippen molar-refractivity contribution in [2.45, 2.75) is 26.2 Å². The fraction of sp³-hybridized carbons (Fsp3) is 0.333. The summed E-state index contributed by atoms with van der Waals surface area (Å²) in [5.41, 5.74) is 6.22. The first-order valence-electron chi connectivity index (χ1n) is 9.04. The molecule has 1 amide bonds. The minimum Gasteiger partial charge on any atom is -0.491 e. The topological polar surface area (TPSA) is 113 Å². The Morgan fingerprint density at radius 2 is 2.10 bits per heavy atom. The summed E-state index contributed by atoms with van der Waals surface area (Å²) in [5.74, 6) is 1.39. The van der Waals surface area contributed by atoms with E-state index in [1.54, 1.807) is 6.20 Å². The van der Waals surface area contributed by atoms with Crippen molar-refractivity contribution >= 4 is 12.1 Å². The van der Waals surface area contributed by atoms with Gasteiger partial charge in [-0.1, -0.05) is 0 Å². The first kappa shape index (κ1) is 21.1. The van der Waals surface area contributed by atoms with Gasteiger partial charge in [0.25, 0.3) is 0 Å². The zero-order valence-electron chi connectivity index (χ0n) is 16.1. The van der Waals surface area contributed by atoms with Gasteiger partial charge in [-0.25, -0.2) is 14.6 Å². The SMILES string of the molecule is CCNc1ccc2c(c1)OCCn1cc(-c3ncnn3CC(F)(F)F)nc1-2.NC=O. The third-order valence-electron chi connectivity index (χ3n) is 4.14. The molecule has 9 nitrogen and oxygen atoms in total. The molecule has 3 N–H and O–H groups in total. The van der Waals surface area contributed by atoms with Gasteiger partial charge in [-0.2, -0.15) is 18.3 Å². The monoisotopic (exact) mass is 423 g/mol. The zero-order chi connectivity index (χ0) is 21.7.